The molecule has 1 saturated carbocycles. The Morgan fingerprint density at radius 2 is 1.89 bits per heavy atom. The van der Waals surface area contributed by atoms with Crippen molar-refractivity contribution in [3.8, 4) is 0 Å². The van der Waals surface area contributed by atoms with E-state index in [1.807, 2.05) is 13.8 Å². The standard InChI is InChI=1S/C13H24N2O3/c1-3-13(4-2,12(17)18)9-15-11(16)7-8-14-10-5-6-10/h10,14H,3-9H2,1-2H3,(H,15,16)(H,17,18). The minimum absolute atomic E-state index is 0.0734. The van der Waals surface area contributed by atoms with Crippen LogP contribution in [0.2, 0.25) is 0 Å². The van der Waals surface area contributed by atoms with E-state index in [4.69, 9.17) is 0 Å². The van der Waals surface area contributed by atoms with Crippen LogP contribution in [0.5, 0.6) is 0 Å². The average Bonchev–Trinajstić information content (AvgIpc) is 3.15. The van der Waals surface area contributed by atoms with E-state index in [0.29, 0.717) is 31.8 Å². The van der Waals surface area contributed by atoms with E-state index in [0.717, 1.165) is 0 Å². The first-order valence-electron chi connectivity index (χ1n) is 6.77. The van der Waals surface area contributed by atoms with E-state index in [1.165, 1.54) is 12.8 Å². The first kappa shape index (κ1) is 15.0. The summed E-state index contributed by atoms with van der Waals surface area (Å²) in [4.78, 5) is 22.8. The van der Waals surface area contributed by atoms with E-state index < -0.39 is 11.4 Å². The minimum atomic E-state index is -0.830. The van der Waals surface area contributed by atoms with Gasteiger partial charge in [-0.05, 0) is 25.7 Å². The molecule has 0 bridgehead atoms. The number of hydrogen-bond donors (Lipinski definition) is 3. The van der Waals surface area contributed by atoms with Crippen LogP contribution >= 0.6 is 0 Å². The number of hydrogen-bond acceptors (Lipinski definition) is 3. The van der Waals surface area contributed by atoms with Gasteiger partial charge in [0.1, 0.15) is 0 Å². The molecule has 5 heteroatoms. The van der Waals surface area contributed by atoms with Crippen molar-refractivity contribution >= 4 is 11.9 Å². The van der Waals surface area contributed by atoms with Crippen LogP contribution in [0.25, 0.3) is 0 Å². The van der Waals surface area contributed by atoms with Crippen molar-refractivity contribution in [1.29, 1.82) is 0 Å². The summed E-state index contributed by atoms with van der Waals surface area (Å²) < 4.78 is 0. The molecule has 1 aliphatic rings. The molecule has 0 spiro atoms. The zero-order valence-electron chi connectivity index (χ0n) is 11.3. The highest BCUT2D eigenvalue weighted by molar-refractivity contribution is 5.79. The lowest BCUT2D eigenvalue weighted by Gasteiger charge is -2.26. The molecule has 18 heavy (non-hydrogen) atoms. The molecule has 0 saturated heterocycles. The van der Waals surface area contributed by atoms with Crippen LogP contribution in [0, 0.1) is 5.41 Å². The lowest BCUT2D eigenvalue weighted by atomic mass is 9.82. The van der Waals surface area contributed by atoms with Crippen LogP contribution in [-0.2, 0) is 9.59 Å². The molecule has 1 rings (SSSR count). The summed E-state index contributed by atoms with van der Waals surface area (Å²) in [6, 6.07) is 0.599. The highest BCUT2D eigenvalue weighted by Gasteiger charge is 2.35. The molecule has 1 amide bonds. The number of nitrogens with one attached hydrogen (secondary N) is 2. The van der Waals surface area contributed by atoms with Crippen molar-refractivity contribution in [2.75, 3.05) is 13.1 Å². The first-order chi connectivity index (χ1) is 8.54. The van der Waals surface area contributed by atoms with Gasteiger partial charge in [0.15, 0.2) is 0 Å². The quantitative estimate of drug-likeness (QED) is 0.578. The van der Waals surface area contributed by atoms with Crippen molar-refractivity contribution in [1.82, 2.24) is 10.6 Å². The van der Waals surface area contributed by atoms with Gasteiger partial charge in [0, 0.05) is 25.6 Å². The number of amides is 1. The van der Waals surface area contributed by atoms with Crippen molar-refractivity contribution in [3.05, 3.63) is 0 Å². The van der Waals surface area contributed by atoms with Gasteiger partial charge in [-0.25, -0.2) is 0 Å². The van der Waals surface area contributed by atoms with E-state index in [-0.39, 0.29) is 12.5 Å². The third kappa shape index (κ3) is 4.29. The predicted octanol–water partition coefficient (Wildman–Crippen LogP) is 1.14. The smallest absolute Gasteiger partial charge is 0.311 e. The number of carbonyl (C=O) groups excluding carboxylic acids is 1. The molecular weight excluding hydrogens is 232 g/mol. The summed E-state index contributed by atoms with van der Waals surface area (Å²) in [5, 5.41) is 15.2. The van der Waals surface area contributed by atoms with Crippen LogP contribution < -0.4 is 10.6 Å². The van der Waals surface area contributed by atoms with Gasteiger partial charge in [-0.15, -0.1) is 0 Å². The fourth-order valence-corrected chi connectivity index (χ4v) is 1.91. The zero-order chi connectivity index (χ0) is 13.6. The van der Waals surface area contributed by atoms with Crippen LogP contribution in [-0.4, -0.2) is 36.1 Å². The van der Waals surface area contributed by atoms with E-state index in [2.05, 4.69) is 10.6 Å². The number of carboxylic acid groups (broad SMARTS) is 1. The molecule has 0 heterocycles. The molecular formula is C13H24N2O3. The molecule has 0 unspecified atom stereocenters. The summed E-state index contributed by atoms with van der Waals surface area (Å²) in [5.41, 5.74) is -0.820. The Kier molecular flexibility index (Phi) is 5.59. The SMILES string of the molecule is CCC(CC)(CNC(=O)CCNC1CC1)C(=O)O. The maximum Gasteiger partial charge on any atom is 0.311 e. The molecule has 3 N–H and O–H groups in total. The van der Waals surface area contributed by atoms with Crippen LogP contribution in [0.1, 0.15) is 46.0 Å². The van der Waals surface area contributed by atoms with Gasteiger partial charge in [0.05, 0.1) is 5.41 Å². The Morgan fingerprint density at radius 1 is 1.28 bits per heavy atom. The van der Waals surface area contributed by atoms with E-state index >= 15 is 0 Å². The molecule has 0 aromatic carbocycles. The van der Waals surface area contributed by atoms with Gasteiger partial charge in [-0.3, -0.25) is 9.59 Å². The Hall–Kier alpha value is -1.10. The third-order valence-corrected chi connectivity index (χ3v) is 3.79. The van der Waals surface area contributed by atoms with Crippen molar-refractivity contribution in [2.24, 2.45) is 5.41 Å². The lowest BCUT2D eigenvalue weighted by molar-refractivity contribution is -0.149. The summed E-state index contributed by atoms with van der Waals surface area (Å²) in [6.45, 7) is 4.59. The molecule has 0 aliphatic heterocycles. The van der Waals surface area contributed by atoms with Gasteiger partial charge < -0.3 is 15.7 Å². The maximum absolute atomic E-state index is 11.6. The fourth-order valence-electron chi connectivity index (χ4n) is 1.91. The van der Waals surface area contributed by atoms with Gasteiger partial charge in [-0.2, -0.15) is 0 Å². The van der Waals surface area contributed by atoms with Crippen LogP contribution in [0.3, 0.4) is 0 Å². The largest absolute Gasteiger partial charge is 0.481 e. The van der Waals surface area contributed by atoms with Gasteiger partial charge in [-0.1, -0.05) is 13.8 Å². The minimum Gasteiger partial charge on any atom is -0.481 e. The second kappa shape index (κ2) is 6.73. The molecule has 1 fully saturated rings. The normalized spacial score (nSPS) is 15.4. The summed E-state index contributed by atoms with van der Waals surface area (Å²) >= 11 is 0. The Morgan fingerprint density at radius 3 is 2.33 bits per heavy atom. The third-order valence-electron chi connectivity index (χ3n) is 3.79. The second-order valence-electron chi connectivity index (χ2n) is 5.05. The average molecular weight is 256 g/mol. The van der Waals surface area contributed by atoms with Crippen molar-refractivity contribution < 1.29 is 14.7 Å². The maximum atomic E-state index is 11.6. The Bertz CT molecular complexity index is 297. The Balaban J connectivity index is 2.27. The van der Waals surface area contributed by atoms with Gasteiger partial charge in [0.2, 0.25) is 5.91 Å². The molecule has 0 atom stereocenters. The highest BCUT2D eigenvalue weighted by Crippen LogP contribution is 2.25. The topological polar surface area (TPSA) is 78.4 Å². The molecule has 0 radical (unpaired) electrons. The number of aliphatic carboxylic acids is 1. The van der Waals surface area contributed by atoms with Crippen LogP contribution in [0.4, 0.5) is 0 Å². The van der Waals surface area contributed by atoms with Gasteiger partial charge >= 0.3 is 5.97 Å². The summed E-state index contributed by atoms with van der Waals surface area (Å²) in [5.74, 6) is -0.903. The first-order valence-corrected chi connectivity index (χ1v) is 6.77. The zero-order valence-corrected chi connectivity index (χ0v) is 11.3. The molecule has 0 aromatic rings. The molecule has 0 aromatic heterocycles. The van der Waals surface area contributed by atoms with Gasteiger partial charge in [0.25, 0.3) is 0 Å². The monoisotopic (exact) mass is 256 g/mol. The molecule has 5 nitrogen and oxygen atoms in total. The predicted molar refractivity (Wildman–Crippen MR) is 69.3 cm³/mol. The van der Waals surface area contributed by atoms with Crippen molar-refractivity contribution in [3.63, 3.8) is 0 Å². The number of rotatable bonds is 9. The summed E-state index contributed by atoms with van der Waals surface area (Å²) in [7, 11) is 0. The second-order valence-corrected chi connectivity index (χ2v) is 5.05. The van der Waals surface area contributed by atoms with E-state index in [1.54, 1.807) is 0 Å². The molecule has 104 valence electrons. The highest BCUT2D eigenvalue weighted by atomic mass is 16.4. The number of carboxylic acids is 1. The van der Waals surface area contributed by atoms with E-state index in [9.17, 15) is 14.7 Å². The fraction of sp³-hybridized carbons (Fsp3) is 0.846. The summed E-state index contributed by atoms with van der Waals surface area (Å²) in [6.07, 6.45) is 3.88. The van der Waals surface area contributed by atoms with Crippen molar-refractivity contribution in [2.45, 2.75) is 52.0 Å². The molecule has 1 aliphatic carbocycles. The lowest BCUT2D eigenvalue weighted by Crippen LogP contribution is -2.42. The Labute approximate surface area is 108 Å². The number of carbonyl (C=O) groups is 2. The van der Waals surface area contributed by atoms with Crippen LogP contribution in [0.15, 0.2) is 0 Å².